The molecule has 57 heavy (non-hydrogen) atoms. The van der Waals surface area contributed by atoms with E-state index in [1.807, 2.05) is 29.5 Å². The fourth-order valence-corrected chi connectivity index (χ4v) is 10.8. The van der Waals surface area contributed by atoms with Gasteiger partial charge in [-0.25, -0.2) is 15.0 Å². The van der Waals surface area contributed by atoms with Gasteiger partial charge in [0.2, 0.25) is 0 Å². The van der Waals surface area contributed by atoms with Crippen molar-refractivity contribution < 1.29 is 0 Å². The average Bonchev–Trinajstić information content (AvgIpc) is 3.96. The van der Waals surface area contributed by atoms with Crippen LogP contribution in [0.15, 0.2) is 182 Å². The van der Waals surface area contributed by atoms with Gasteiger partial charge < -0.3 is 4.57 Å². The van der Waals surface area contributed by atoms with Gasteiger partial charge in [-0.05, 0) is 42.0 Å². The Balaban J connectivity index is 1.02. The van der Waals surface area contributed by atoms with E-state index in [9.17, 15) is 0 Å². The highest BCUT2D eigenvalue weighted by atomic mass is 32.1. The number of rotatable bonds is 5. The van der Waals surface area contributed by atoms with Crippen molar-refractivity contribution in [3.63, 3.8) is 0 Å². The molecule has 0 saturated heterocycles. The van der Waals surface area contributed by atoms with Crippen molar-refractivity contribution >= 4 is 84.8 Å². The third kappa shape index (κ3) is 5.15. The van der Waals surface area contributed by atoms with Crippen molar-refractivity contribution in [3.05, 3.63) is 182 Å². The second-order valence-electron chi connectivity index (χ2n) is 14.4. The zero-order valence-corrected chi connectivity index (χ0v) is 32.1. The van der Waals surface area contributed by atoms with E-state index in [2.05, 4.69) is 168 Å². The van der Waals surface area contributed by atoms with Gasteiger partial charge in [-0.3, -0.25) is 0 Å². The molecule has 266 valence electrons. The minimum atomic E-state index is 0.663. The third-order valence-electron chi connectivity index (χ3n) is 11.1. The molecule has 0 unspecified atom stereocenters. The largest absolute Gasteiger partial charge is 0.309 e. The van der Waals surface area contributed by atoms with E-state index >= 15 is 0 Å². The molecule has 8 aromatic carbocycles. The van der Waals surface area contributed by atoms with Gasteiger partial charge in [0.05, 0.1) is 11.0 Å². The maximum Gasteiger partial charge on any atom is 0.165 e. The molecule has 12 rings (SSSR count). The van der Waals surface area contributed by atoms with Gasteiger partial charge in [0.15, 0.2) is 17.5 Å². The van der Waals surface area contributed by atoms with Crippen LogP contribution in [0.5, 0.6) is 0 Å². The van der Waals surface area contributed by atoms with Crippen LogP contribution in [0.2, 0.25) is 0 Å². The number of benzene rings is 8. The molecule has 0 radical (unpaired) electrons. The van der Waals surface area contributed by atoms with Crippen LogP contribution in [-0.4, -0.2) is 19.5 Å². The smallest absolute Gasteiger partial charge is 0.165 e. The van der Waals surface area contributed by atoms with E-state index in [1.54, 1.807) is 11.3 Å². The van der Waals surface area contributed by atoms with Crippen molar-refractivity contribution in [1.29, 1.82) is 0 Å². The van der Waals surface area contributed by atoms with Crippen LogP contribution in [0.25, 0.3) is 113 Å². The summed E-state index contributed by atoms with van der Waals surface area (Å²) in [5.41, 5.74) is 8.94. The van der Waals surface area contributed by atoms with Crippen molar-refractivity contribution in [2.45, 2.75) is 0 Å². The lowest BCUT2D eigenvalue weighted by Crippen LogP contribution is -2.00. The van der Waals surface area contributed by atoms with Gasteiger partial charge in [-0.2, -0.15) is 0 Å². The monoisotopic (exact) mass is 762 g/mol. The molecular formula is C51H30N4S2. The highest BCUT2D eigenvalue weighted by molar-refractivity contribution is 7.26. The number of hydrogen-bond acceptors (Lipinski definition) is 5. The molecule has 4 nitrogen and oxygen atoms in total. The summed E-state index contributed by atoms with van der Waals surface area (Å²) in [7, 11) is 0. The molecule has 0 amide bonds. The summed E-state index contributed by atoms with van der Waals surface area (Å²) in [5.74, 6) is 2.00. The fourth-order valence-electron chi connectivity index (χ4n) is 8.45. The molecule has 4 aromatic heterocycles. The molecule has 4 heterocycles. The number of fused-ring (bicyclic) bond motifs is 9. The standard InChI is InChI=1S/C51H30N4S2/c1-3-13-31(14-4-1)35-19-11-20-40-36-17-7-9-23-43(36)55(47(35)40)34-26-28-39-38-27-25-33(29-45(38)56-46(39)30-34)50-52-49(32-15-5-2-6-16-32)53-51(54-50)42-22-12-21-41-37-18-8-10-24-44(37)57-48(41)42/h1-30H. The second kappa shape index (κ2) is 12.8. The van der Waals surface area contributed by atoms with E-state index in [0.717, 1.165) is 22.4 Å². The van der Waals surface area contributed by atoms with Crippen LogP contribution in [0.4, 0.5) is 0 Å². The number of nitrogens with zero attached hydrogens (tertiary/aromatic N) is 4. The van der Waals surface area contributed by atoms with Gasteiger partial charge in [0.1, 0.15) is 0 Å². The van der Waals surface area contributed by atoms with Crippen LogP contribution >= 0.6 is 22.7 Å². The minimum Gasteiger partial charge on any atom is -0.309 e. The lowest BCUT2D eigenvalue weighted by Gasteiger charge is -2.12. The van der Waals surface area contributed by atoms with E-state index in [4.69, 9.17) is 15.0 Å². The van der Waals surface area contributed by atoms with Crippen LogP contribution in [0.3, 0.4) is 0 Å². The lowest BCUT2D eigenvalue weighted by atomic mass is 10.0. The molecule has 6 heteroatoms. The van der Waals surface area contributed by atoms with Crippen LogP contribution in [0, 0.1) is 0 Å². The Morgan fingerprint density at radius 3 is 1.77 bits per heavy atom. The van der Waals surface area contributed by atoms with Crippen LogP contribution < -0.4 is 0 Å². The SMILES string of the molecule is c1ccc(-c2nc(-c3ccc4c(c3)sc3cc(-n5c6ccccc6c6cccc(-c7ccccc7)c65)ccc34)nc(-c3cccc4c3sc3ccccc34)n2)cc1. The molecule has 0 aliphatic carbocycles. The third-order valence-corrected chi connectivity index (χ3v) is 13.4. The zero-order chi connectivity index (χ0) is 37.5. The van der Waals surface area contributed by atoms with Gasteiger partial charge in [-0.15, -0.1) is 22.7 Å². The summed E-state index contributed by atoms with van der Waals surface area (Å²) in [4.78, 5) is 15.4. The Morgan fingerprint density at radius 1 is 0.351 bits per heavy atom. The lowest BCUT2D eigenvalue weighted by molar-refractivity contribution is 1.08. The Bertz CT molecular complexity index is 3530. The first-order valence-corrected chi connectivity index (χ1v) is 20.7. The summed E-state index contributed by atoms with van der Waals surface area (Å²) in [6, 6.07) is 64.9. The first-order chi connectivity index (χ1) is 28.2. The Kier molecular flexibility index (Phi) is 7.24. The zero-order valence-electron chi connectivity index (χ0n) is 30.4. The predicted molar refractivity (Wildman–Crippen MR) is 242 cm³/mol. The van der Waals surface area contributed by atoms with Crippen LogP contribution in [-0.2, 0) is 0 Å². The second-order valence-corrected chi connectivity index (χ2v) is 16.5. The summed E-state index contributed by atoms with van der Waals surface area (Å²) >= 11 is 3.61. The van der Waals surface area contributed by atoms with Gasteiger partial charge in [0, 0.05) is 79.1 Å². The van der Waals surface area contributed by atoms with E-state index < -0.39 is 0 Å². The first kappa shape index (κ1) is 32.3. The number of para-hydroxylation sites is 2. The highest BCUT2D eigenvalue weighted by Gasteiger charge is 2.19. The summed E-state index contributed by atoms with van der Waals surface area (Å²) in [5, 5.41) is 7.45. The molecule has 0 atom stereocenters. The van der Waals surface area contributed by atoms with E-state index in [1.165, 1.54) is 73.3 Å². The summed E-state index contributed by atoms with van der Waals surface area (Å²) in [6.45, 7) is 0. The number of hydrogen-bond donors (Lipinski definition) is 0. The molecule has 0 aliphatic heterocycles. The minimum absolute atomic E-state index is 0.663. The number of thiophene rings is 2. The quantitative estimate of drug-likeness (QED) is 0.175. The maximum absolute atomic E-state index is 5.21. The first-order valence-electron chi connectivity index (χ1n) is 19.0. The molecule has 0 bridgehead atoms. The van der Waals surface area contributed by atoms with Crippen molar-refractivity contribution in [1.82, 2.24) is 19.5 Å². The molecule has 0 N–H and O–H groups in total. The predicted octanol–water partition coefficient (Wildman–Crippen LogP) is 14.4. The van der Waals surface area contributed by atoms with Crippen LogP contribution in [0.1, 0.15) is 0 Å². The normalized spacial score (nSPS) is 11.9. The molecular weight excluding hydrogens is 733 g/mol. The van der Waals surface area contributed by atoms with Crippen molar-refractivity contribution in [2.24, 2.45) is 0 Å². The molecule has 0 saturated carbocycles. The van der Waals surface area contributed by atoms with Crippen molar-refractivity contribution in [3.8, 4) is 51.0 Å². The summed E-state index contributed by atoms with van der Waals surface area (Å²) < 4.78 is 7.31. The van der Waals surface area contributed by atoms with Gasteiger partial charge in [0.25, 0.3) is 0 Å². The highest BCUT2D eigenvalue weighted by Crippen LogP contribution is 2.43. The fraction of sp³-hybridized carbons (Fsp3) is 0. The summed E-state index contributed by atoms with van der Waals surface area (Å²) in [6.07, 6.45) is 0. The topological polar surface area (TPSA) is 43.6 Å². The Hall–Kier alpha value is -6.99. The van der Waals surface area contributed by atoms with Gasteiger partial charge >= 0.3 is 0 Å². The average molecular weight is 763 g/mol. The molecule has 12 aromatic rings. The van der Waals surface area contributed by atoms with E-state index in [-0.39, 0.29) is 0 Å². The maximum atomic E-state index is 5.21. The Morgan fingerprint density at radius 2 is 0.947 bits per heavy atom. The van der Waals surface area contributed by atoms with Gasteiger partial charge in [-0.1, -0.05) is 146 Å². The molecule has 0 fully saturated rings. The van der Waals surface area contributed by atoms with E-state index in [0.29, 0.717) is 17.5 Å². The molecule has 0 spiro atoms. The number of aromatic nitrogens is 4. The molecule has 0 aliphatic rings. The van der Waals surface area contributed by atoms with Crippen molar-refractivity contribution in [2.75, 3.05) is 0 Å². The Labute approximate surface area is 335 Å².